The smallest absolute Gasteiger partial charge is 0.328 e. The minimum Gasteiger partial charge on any atom is -0.493 e. The van der Waals surface area contributed by atoms with E-state index in [4.69, 9.17) is 23.7 Å². The number of benzene rings is 3. The van der Waals surface area contributed by atoms with Crippen molar-refractivity contribution < 1.29 is 33.6 Å². The van der Waals surface area contributed by atoms with E-state index in [1.165, 1.54) is 6.08 Å². The number of carboxylic acid groups (broad SMARTS) is 1. The number of carboxylic acids is 1. The van der Waals surface area contributed by atoms with Gasteiger partial charge < -0.3 is 28.8 Å². The zero-order valence-corrected chi connectivity index (χ0v) is 22.2. The van der Waals surface area contributed by atoms with E-state index in [9.17, 15) is 9.90 Å². The normalized spacial score (nSPS) is 18.9. The molecule has 0 bridgehead atoms. The first-order valence-electron chi connectivity index (χ1n) is 12.5. The Balaban J connectivity index is 1.69. The van der Waals surface area contributed by atoms with Gasteiger partial charge >= 0.3 is 5.97 Å². The van der Waals surface area contributed by atoms with E-state index in [2.05, 4.69) is 12.1 Å². The summed E-state index contributed by atoms with van der Waals surface area (Å²) in [5.74, 6) is 2.07. The predicted octanol–water partition coefficient (Wildman–Crippen LogP) is 5.61. The fourth-order valence-corrected chi connectivity index (χ4v) is 5.19. The number of hydrogen-bond acceptors (Lipinski definition) is 6. The molecule has 0 saturated carbocycles. The van der Waals surface area contributed by atoms with Gasteiger partial charge in [-0.05, 0) is 77.3 Å². The second kappa shape index (κ2) is 12.5. The molecule has 1 N–H and O–H groups in total. The van der Waals surface area contributed by atoms with Crippen LogP contribution in [0.3, 0.4) is 0 Å². The largest absolute Gasteiger partial charge is 0.493 e. The monoisotopic (exact) mass is 518 g/mol. The maximum Gasteiger partial charge on any atom is 0.328 e. The number of methoxy groups -OCH3 is 4. The third-order valence-corrected chi connectivity index (χ3v) is 7.08. The van der Waals surface area contributed by atoms with Crippen molar-refractivity contribution in [1.29, 1.82) is 0 Å². The lowest BCUT2D eigenvalue weighted by molar-refractivity contribution is -0.131. The van der Waals surface area contributed by atoms with Crippen molar-refractivity contribution in [3.8, 4) is 23.0 Å². The number of hydrogen-bond donors (Lipinski definition) is 1. The first-order valence-corrected chi connectivity index (χ1v) is 12.5. The summed E-state index contributed by atoms with van der Waals surface area (Å²) in [4.78, 5) is 11.2. The maximum atomic E-state index is 11.2. The van der Waals surface area contributed by atoms with E-state index in [1.54, 1.807) is 34.5 Å². The Kier molecular flexibility index (Phi) is 8.92. The van der Waals surface area contributed by atoms with Crippen LogP contribution in [0.4, 0.5) is 0 Å². The molecule has 4 rings (SSSR count). The van der Waals surface area contributed by atoms with Gasteiger partial charge in [0.15, 0.2) is 23.0 Å². The van der Waals surface area contributed by atoms with Crippen LogP contribution in [0.2, 0.25) is 0 Å². The maximum absolute atomic E-state index is 11.2. The van der Waals surface area contributed by atoms with Crippen molar-refractivity contribution in [2.75, 3.05) is 35.0 Å². The molecule has 200 valence electrons. The van der Waals surface area contributed by atoms with Crippen LogP contribution in [0.1, 0.15) is 28.4 Å². The third-order valence-electron chi connectivity index (χ3n) is 7.08. The minimum absolute atomic E-state index is 0.126. The Hall–Kier alpha value is -3.97. The van der Waals surface area contributed by atoms with E-state index in [0.717, 1.165) is 35.1 Å². The zero-order chi connectivity index (χ0) is 27.1. The quantitative estimate of drug-likeness (QED) is 0.331. The van der Waals surface area contributed by atoms with Gasteiger partial charge in [-0.3, -0.25) is 0 Å². The Labute approximate surface area is 223 Å². The van der Waals surface area contributed by atoms with Crippen molar-refractivity contribution in [2.45, 2.75) is 18.9 Å². The Morgan fingerprint density at radius 3 is 2.21 bits per heavy atom. The first-order chi connectivity index (χ1) is 18.5. The molecule has 0 unspecified atom stereocenters. The second-order valence-corrected chi connectivity index (χ2v) is 9.26. The molecule has 7 heteroatoms. The summed E-state index contributed by atoms with van der Waals surface area (Å²) >= 11 is 0. The topological polar surface area (TPSA) is 83.5 Å². The van der Waals surface area contributed by atoms with Gasteiger partial charge in [0.05, 0.1) is 41.2 Å². The summed E-state index contributed by atoms with van der Waals surface area (Å²) in [6, 6.07) is 19.8. The first kappa shape index (κ1) is 27.1. The van der Waals surface area contributed by atoms with E-state index in [1.807, 2.05) is 48.5 Å². The highest BCUT2D eigenvalue weighted by atomic mass is 16.5. The van der Waals surface area contributed by atoms with Crippen LogP contribution >= 0.6 is 0 Å². The summed E-state index contributed by atoms with van der Waals surface area (Å²) in [5, 5.41) is 9.17. The minimum atomic E-state index is -0.974. The zero-order valence-electron chi connectivity index (χ0n) is 22.2. The van der Waals surface area contributed by atoms with Gasteiger partial charge in [-0.25, -0.2) is 4.79 Å². The molecule has 3 aromatic carbocycles. The van der Waals surface area contributed by atoms with Crippen molar-refractivity contribution in [1.82, 2.24) is 0 Å². The molecule has 1 aliphatic heterocycles. The van der Waals surface area contributed by atoms with Gasteiger partial charge in [-0.1, -0.05) is 36.4 Å². The molecular formula is C31H34O7. The van der Waals surface area contributed by atoms with Gasteiger partial charge in [0.2, 0.25) is 0 Å². The average molecular weight is 519 g/mol. The predicted molar refractivity (Wildman–Crippen MR) is 145 cm³/mol. The molecule has 0 aromatic heterocycles. The van der Waals surface area contributed by atoms with Gasteiger partial charge in [0.25, 0.3) is 0 Å². The molecule has 0 spiro atoms. The summed E-state index contributed by atoms with van der Waals surface area (Å²) in [5.41, 5.74) is 4.11. The molecule has 3 aromatic rings. The molecule has 1 saturated heterocycles. The summed E-state index contributed by atoms with van der Waals surface area (Å²) in [7, 11) is 6.51. The number of carbonyl (C=O) groups is 1. The molecule has 0 radical (unpaired) electrons. The number of rotatable bonds is 11. The van der Waals surface area contributed by atoms with Crippen LogP contribution in [0, 0.1) is 11.8 Å². The number of ether oxygens (including phenoxy) is 5. The lowest BCUT2D eigenvalue weighted by atomic mass is 9.79. The lowest BCUT2D eigenvalue weighted by Crippen LogP contribution is -2.20. The standard InChI is InChI=1S/C31H34O7/c1-34-26-12-9-20(16-28(26)36-3)15-24-19-38-31(23-10-13-27(35-2)29(18-23)37-4)25(24)17-22-8-6-5-7-21(22)11-14-30(32)33/h5-14,16,18,24-25,31H,15,17,19H2,1-4H3,(H,32,33)/b14-11+/t24-,25+,31+/m0/s1. The van der Waals surface area contributed by atoms with Gasteiger partial charge in [-0.2, -0.15) is 0 Å². The van der Waals surface area contributed by atoms with Crippen LogP contribution in [0.25, 0.3) is 6.08 Å². The average Bonchev–Trinajstić information content (AvgIpc) is 3.33. The highest BCUT2D eigenvalue weighted by Crippen LogP contribution is 2.44. The van der Waals surface area contributed by atoms with Crippen LogP contribution in [-0.2, 0) is 22.4 Å². The Morgan fingerprint density at radius 2 is 1.53 bits per heavy atom. The lowest BCUT2D eigenvalue weighted by Gasteiger charge is -2.25. The van der Waals surface area contributed by atoms with Crippen LogP contribution in [0.5, 0.6) is 23.0 Å². The SMILES string of the molecule is COc1ccc(C[C@H]2CO[C@H](c3ccc(OC)c(OC)c3)[C@@H]2Cc2ccccc2/C=C/C(=O)O)cc1OC. The van der Waals surface area contributed by atoms with E-state index < -0.39 is 5.97 Å². The molecule has 1 aliphatic rings. The van der Waals surface area contributed by atoms with Crippen molar-refractivity contribution in [2.24, 2.45) is 11.8 Å². The fraction of sp³-hybridized carbons (Fsp3) is 0.323. The van der Waals surface area contributed by atoms with Crippen LogP contribution in [-0.4, -0.2) is 46.1 Å². The van der Waals surface area contributed by atoms with E-state index >= 15 is 0 Å². The van der Waals surface area contributed by atoms with E-state index in [-0.39, 0.29) is 17.9 Å². The molecule has 0 aliphatic carbocycles. The fourth-order valence-electron chi connectivity index (χ4n) is 5.19. The Morgan fingerprint density at radius 1 is 0.868 bits per heavy atom. The van der Waals surface area contributed by atoms with Crippen LogP contribution in [0.15, 0.2) is 66.7 Å². The molecule has 7 nitrogen and oxygen atoms in total. The van der Waals surface area contributed by atoms with Crippen molar-refractivity contribution >= 4 is 12.0 Å². The summed E-state index contributed by atoms with van der Waals surface area (Å²) < 4.78 is 28.4. The van der Waals surface area contributed by atoms with Gasteiger partial charge in [0.1, 0.15) is 0 Å². The molecule has 1 fully saturated rings. The highest BCUT2D eigenvalue weighted by molar-refractivity contribution is 5.85. The molecule has 1 heterocycles. The highest BCUT2D eigenvalue weighted by Gasteiger charge is 2.38. The number of aliphatic carboxylic acids is 1. The van der Waals surface area contributed by atoms with Crippen molar-refractivity contribution in [3.05, 3.63) is 89.0 Å². The molecule has 0 amide bonds. The third kappa shape index (κ3) is 6.11. The van der Waals surface area contributed by atoms with Crippen LogP contribution < -0.4 is 18.9 Å². The van der Waals surface area contributed by atoms with Gasteiger partial charge in [-0.15, -0.1) is 0 Å². The Bertz CT molecular complexity index is 1280. The molecular weight excluding hydrogens is 484 g/mol. The molecule has 3 atom stereocenters. The summed E-state index contributed by atoms with van der Waals surface area (Å²) in [6.07, 6.45) is 4.18. The van der Waals surface area contributed by atoms with Crippen molar-refractivity contribution in [3.63, 3.8) is 0 Å². The molecule has 38 heavy (non-hydrogen) atoms. The van der Waals surface area contributed by atoms with E-state index in [0.29, 0.717) is 29.6 Å². The summed E-state index contributed by atoms with van der Waals surface area (Å²) in [6.45, 7) is 0.588. The second-order valence-electron chi connectivity index (χ2n) is 9.26. The van der Waals surface area contributed by atoms with Gasteiger partial charge in [0, 0.05) is 6.08 Å².